The highest BCUT2D eigenvalue weighted by atomic mass is 35.5. The molecule has 3 heterocycles. The van der Waals surface area contributed by atoms with Crippen LogP contribution in [0.3, 0.4) is 0 Å². The molecule has 0 saturated heterocycles. The third-order valence-corrected chi connectivity index (χ3v) is 6.16. The Bertz CT molecular complexity index is 1420. The number of carbonyl (C=O) groups is 1. The molecule has 2 N–H and O–H groups in total. The average molecular weight is 461 g/mol. The van der Waals surface area contributed by atoms with Crippen LogP contribution in [-0.4, -0.2) is 20.5 Å². The summed E-state index contributed by atoms with van der Waals surface area (Å²) in [6.07, 6.45) is 1.69. The molecule has 1 atom stereocenters. The Morgan fingerprint density at radius 1 is 1.09 bits per heavy atom. The molecule has 2 aromatic carbocycles. The van der Waals surface area contributed by atoms with Crippen molar-refractivity contribution in [2.45, 2.75) is 26.1 Å². The molecular formula is C25H21ClN4O3. The van der Waals surface area contributed by atoms with Crippen LogP contribution in [0.15, 0.2) is 71.7 Å². The largest absolute Gasteiger partial charge is 0.478 e. The maximum absolute atomic E-state index is 12.9. The van der Waals surface area contributed by atoms with Crippen LogP contribution in [0.1, 0.15) is 40.0 Å². The molecule has 0 unspecified atom stereocenters. The number of aromatic nitrogens is 2. The van der Waals surface area contributed by atoms with Gasteiger partial charge in [-0.2, -0.15) is 0 Å². The molecule has 0 radical (unpaired) electrons. The first-order valence-corrected chi connectivity index (χ1v) is 10.9. The summed E-state index contributed by atoms with van der Waals surface area (Å²) in [5.74, 6) is -0.455. The number of halogens is 1. The minimum Gasteiger partial charge on any atom is -0.478 e. The second kappa shape index (κ2) is 8.26. The number of nitrogens with zero attached hydrogens (tertiary/aromatic N) is 3. The van der Waals surface area contributed by atoms with Gasteiger partial charge < -0.3 is 15.3 Å². The van der Waals surface area contributed by atoms with E-state index in [1.165, 1.54) is 21.6 Å². The number of anilines is 2. The molecule has 5 rings (SSSR count). The third-order valence-electron chi connectivity index (χ3n) is 5.92. The summed E-state index contributed by atoms with van der Waals surface area (Å²) in [5, 5.41) is 13.1. The lowest BCUT2D eigenvalue weighted by molar-refractivity contribution is 0.0698. The number of carboxylic acid groups (broad SMARTS) is 1. The number of benzene rings is 2. The lowest BCUT2D eigenvalue weighted by Crippen LogP contribution is -2.23. The molecule has 0 amide bonds. The molecular weight excluding hydrogens is 440 g/mol. The Labute approximate surface area is 194 Å². The SMILES string of the molecule is C[C@@H](Nc1ccc(Cl)cc1C(=O)O)c1cccn2c(=O)cc(N3Cc4ccccc4C3)nc12. The number of carboxylic acids is 1. The first-order chi connectivity index (χ1) is 15.9. The summed E-state index contributed by atoms with van der Waals surface area (Å²) in [6, 6.07) is 17.8. The van der Waals surface area contributed by atoms with E-state index in [0.29, 0.717) is 35.3 Å². The van der Waals surface area contributed by atoms with E-state index in [4.69, 9.17) is 16.6 Å². The van der Waals surface area contributed by atoms with E-state index in [2.05, 4.69) is 22.3 Å². The van der Waals surface area contributed by atoms with Crippen LogP contribution < -0.4 is 15.8 Å². The number of nitrogens with one attached hydrogen (secondary N) is 1. The second-order valence-corrected chi connectivity index (χ2v) is 8.53. The van der Waals surface area contributed by atoms with Gasteiger partial charge in [0, 0.05) is 41.6 Å². The summed E-state index contributed by atoms with van der Waals surface area (Å²) < 4.78 is 1.51. The first kappa shape index (κ1) is 21.0. The highest BCUT2D eigenvalue weighted by molar-refractivity contribution is 6.31. The van der Waals surface area contributed by atoms with Gasteiger partial charge in [-0.3, -0.25) is 9.20 Å². The van der Waals surface area contributed by atoms with E-state index >= 15 is 0 Å². The quantitative estimate of drug-likeness (QED) is 0.447. The molecule has 1 aliphatic heterocycles. The number of fused-ring (bicyclic) bond motifs is 2. The van der Waals surface area contributed by atoms with E-state index in [9.17, 15) is 14.7 Å². The van der Waals surface area contributed by atoms with Crippen LogP contribution in [0, 0.1) is 0 Å². The zero-order valence-corrected chi connectivity index (χ0v) is 18.6. The molecule has 0 spiro atoms. The molecule has 4 aromatic rings. The van der Waals surface area contributed by atoms with Crippen molar-refractivity contribution in [1.82, 2.24) is 9.38 Å². The maximum Gasteiger partial charge on any atom is 0.337 e. The molecule has 8 heteroatoms. The van der Waals surface area contributed by atoms with Gasteiger partial charge in [0.1, 0.15) is 11.5 Å². The van der Waals surface area contributed by atoms with Crippen molar-refractivity contribution in [3.8, 4) is 0 Å². The molecule has 2 aromatic heterocycles. The topological polar surface area (TPSA) is 86.9 Å². The standard InChI is InChI=1S/C25H21ClN4O3/c1-15(27-21-9-8-18(26)11-20(21)25(32)33)19-7-4-10-30-23(31)12-22(28-24(19)30)29-13-16-5-2-3-6-17(16)14-29/h2-12,15,27H,13-14H2,1H3,(H,32,33)/t15-/m1/s1. The van der Waals surface area contributed by atoms with E-state index in [1.807, 2.05) is 25.1 Å². The number of rotatable bonds is 5. The minimum absolute atomic E-state index is 0.0789. The second-order valence-electron chi connectivity index (χ2n) is 8.10. The average Bonchev–Trinajstić information content (AvgIpc) is 3.24. The Morgan fingerprint density at radius 3 is 2.52 bits per heavy atom. The fraction of sp³-hybridized carbons (Fsp3) is 0.160. The van der Waals surface area contributed by atoms with E-state index < -0.39 is 5.97 Å². The van der Waals surface area contributed by atoms with Crippen LogP contribution in [0.5, 0.6) is 0 Å². The summed E-state index contributed by atoms with van der Waals surface area (Å²) in [6.45, 7) is 3.29. The first-order valence-electron chi connectivity index (χ1n) is 10.5. The molecule has 7 nitrogen and oxygen atoms in total. The zero-order chi connectivity index (χ0) is 23.1. The smallest absolute Gasteiger partial charge is 0.337 e. The summed E-state index contributed by atoms with van der Waals surface area (Å²) >= 11 is 5.98. The molecule has 0 saturated carbocycles. The maximum atomic E-state index is 12.9. The highest BCUT2D eigenvalue weighted by Crippen LogP contribution is 2.29. The Hall–Kier alpha value is -3.84. The fourth-order valence-corrected chi connectivity index (χ4v) is 4.43. The van der Waals surface area contributed by atoms with Crippen molar-refractivity contribution in [3.63, 3.8) is 0 Å². The van der Waals surface area contributed by atoms with Crippen LogP contribution in [0.2, 0.25) is 5.02 Å². The van der Waals surface area contributed by atoms with Gasteiger partial charge >= 0.3 is 5.97 Å². The van der Waals surface area contributed by atoms with Gasteiger partial charge in [-0.05, 0) is 42.3 Å². The number of hydrogen-bond donors (Lipinski definition) is 2. The predicted molar refractivity (Wildman–Crippen MR) is 128 cm³/mol. The highest BCUT2D eigenvalue weighted by Gasteiger charge is 2.22. The Balaban J connectivity index is 1.53. The molecule has 1 aliphatic rings. The molecule has 0 bridgehead atoms. The van der Waals surface area contributed by atoms with Gasteiger partial charge in [0.25, 0.3) is 5.56 Å². The zero-order valence-electron chi connectivity index (χ0n) is 17.8. The van der Waals surface area contributed by atoms with Crippen molar-refractivity contribution in [2.75, 3.05) is 10.2 Å². The van der Waals surface area contributed by atoms with Gasteiger partial charge in [0.2, 0.25) is 0 Å². The van der Waals surface area contributed by atoms with Gasteiger partial charge in [-0.15, -0.1) is 0 Å². The van der Waals surface area contributed by atoms with E-state index in [1.54, 1.807) is 30.5 Å². The molecule has 0 fully saturated rings. The van der Waals surface area contributed by atoms with Crippen molar-refractivity contribution in [2.24, 2.45) is 0 Å². The minimum atomic E-state index is -1.07. The third kappa shape index (κ3) is 3.91. The van der Waals surface area contributed by atoms with Crippen molar-refractivity contribution in [3.05, 3.63) is 104 Å². The number of pyridine rings is 1. The van der Waals surface area contributed by atoms with Crippen molar-refractivity contribution >= 4 is 34.7 Å². The van der Waals surface area contributed by atoms with Gasteiger partial charge in [0.15, 0.2) is 0 Å². The normalized spacial score (nSPS) is 13.7. The Kier molecular flexibility index (Phi) is 5.26. The molecule has 0 aliphatic carbocycles. The van der Waals surface area contributed by atoms with Crippen LogP contribution in [0.25, 0.3) is 5.65 Å². The fourth-order valence-electron chi connectivity index (χ4n) is 4.26. The monoisotopic (exact) mass is 460 g/mol. The summed E-state index contributed by atoms with van der Waals surface area (Å²) in [7, 11) is 0. The lowest BCUT2D eigenvalue weighted by Gasteiger charge is -2.21. The van der Waals surface area contributed by atoms with E-state index in [0.717, 1.165) is 5.56 Å². The van der Waals surface area contributed by atoms with Crippen molar-refractivity contribution < 1.29 is 9.90 Å². The van der Waals surface area contributed by atoms with Crippen molar-refractivity contribution in [1.29, 1.82) is 0 Å². The van der Waals surface area contributed by atoms with Gasteiger partial charge in [-0.1, -0.05) is 41.9 Å². The number of aromatic carboxylic acids is 1. The van der Waals surface area contributed by atoms with Crippen LogP contribution in [0.4, 0.5) is 11.5 Å². The van der Waals surface area contributed by atoms with E-state index in [-0.39, 0.29) is 17.2 Å². The van der Waals surface area contributed by atoms with Gasteiger partial charge in [0.05, 0.1) is 11.6 Å². The lowest BCUT2D eigenvalue weighted by atomic mass is 10.1. The van der Waals surface area contributed by atoms with Crippen LogP contribution in [-0.2, 0) is 13.1 Å². The Morgan fingerprint density at radius 2 is 1.82 bits per heavy atom. The summed E-state index contributed by atoms with van der Waals surface area (Å²) in [5.41, 5.74) is 4.11. The van der Waals surface area contributed by atoms with Crippen LogP contribution >= 0.6 is 11.6 Å². The summed E-state index contributed by atoms with van der Waals surface area (Å²) in [4.78, 5) is 31.5. The van der Waals surface area contributed by atoms with Gasteiger partial charge in [-0.25, -0.2) is 9.78 Å². The number of hydrogen-bond acceptors (Lipinski definition) is 5. The molecule has 33 heavy (non-hydrogen) atoms. The predicted octanol–water partition coefficient (Wildman–Crippen LogP) is 4.74. The molecule has 166 valence electrons.